The second-order valence-corrected chi connectivity index (χ2v) is 33.4. The predicted molar refractivity (Wildman–Crippen MR) is 513 cm³/mol. The van der Waals surface area contributed by atoms with Crippen molar-refractivity contribution in [3.63, 3.8) is 0 Å². The molecule has 0 atom stereocenters. The molecule has 0 spiro atoms. The van der Waals surface area contributed by atoms with Crippen molar-refractivity contribution in [2.45, 2.75) is 67.7 Å². The third-order valence-corrected chi connectivity index (χ3v) is 23.3. The van der Waals surface area contributed by atoms with Crippen molar-refractivity contribution in [3.05, 3.63) is 362 Å². The van der Waals surface area contributed by atoms with Crippen LogP contribution in [0, 0.1) is 82.2 Å². The van der Waals surface area contributed by atoms with Crippen LogP contribution in [-0.4, -0.2) is 54.9 Å². The van der Waals surface area contributed by atoms with Gasteiger partial charge in [-0.1, -0.05) is 165 Å². The Hall–Kier alpha value is -7.36. The van der Waals surface area contributed by atoms with Gasteiger partial charge < -0.3 is 36.3 Å². The maximum Gasteiger partial charge on any atom is 1.00 e. The van der Waals surface area contributed by atoms with Crippen LogP contribution in [0.3, 0.4) is 0 Å². The zero-order valence-corrected chi connectivity index (χ0v) is 78.2. The molecule has 0 heterocycles. The summed E-state index contributed by atoms with van der Waals surface area (Å²) in [6, 6.07) is 66.4. The van der Waals surface area contributed by atoms with E-state index in [1.807, 2.05) is 146 Å². The summed E-state index contributed by atoms with van der Waals surface area (Å²) in [6.45, 7) is 15.2. The number of hydrogen-bond acceptors (Lipinski definition) is 11. The van der Waals surface area contributed by atoms with Crippen molar-refractivity contribution in [1.82, 2.24) is 0 Å². The van der Waals surface area contributed by atoms with Crippen LogP contribution in [0.4, 0.5) is 57.4 Å². The fourth-order valence-electron chi connectivity index (χ4n) is 11.5. The minimum absolute atomic E-state index is 0. The van der Waals surface area contributed by atoms with Gasteiger partial charge in [-0.2, -0.15) is 12.6 Å². The minimum atomic E-state index is -0.477. The van der Waals surface area contributed by atoms with E-state index in [1.54, 1.807) is 103 Å². The van der Waals surface area contributed by atoms with E-state index in [4.69, 9.17) is 56.9 Å². The van der Waals surface area contributed by atoms with Gasteiger partial charge in [0.25, 0.3) is 0 Å². The van der Waals surface area contributed by atoms with E-state index in [0.717, 1.165) is 112 Å². The molecule has 10 nitrogen and oxygen atoms in total. The van der Waals surface area contributed by atoms with E-state index in [9.17, 15) is 37.1 Å². The van der Waals surface area contributed by atoms with Crippen molar-refractivity contribution < 1.29 is 65.4 Å². The van der Waals surface area contributed by atoms with Gasteiger partial charge in [0.2, 0.25) is 0 Å². The fourth-order valence-corrected chi connectivity index (χ4v) is 14.2. The average molecular weight is 2080 g/mol. The van der Waals surface area contributed by atoms with Crippen LogP contribution in [0.5, 0.6) is 0 Å². The first-order chi connectivity index (χ1) is 55.6. The number of nitrogens with one attached hydrogen (secondary N) is 3. The third-order valence-electron chi connectivity index (χ3n) is 18.1. The maximum absolute atomic E-state index is 14.9. The SMILES string of the molecule is COC(=O)c1cc(Br)ccc1N.COC(=O)c1cc(Br)ccc1Nc1cc(F)c(-c2ccc(Cl)c(C)c2)cc1C.Cc1cc(-c2cc(C)c(I)cc2F)ccc1Cl.Cc1cc(-c2cc(C)c(Nc3ccc(Br)cc3C=O)cc2F)ccc1Cl.Cc1cc(-c2cc(C)c(Nc3ccc(Br)cc3CO)cc2F)ccc1Cl.SCc1ccccc1.[AlH4-].[Li+]. The van der Waals surface area contributed by atoms with Gasteiger partial charge in [0.15, 0.2) is 6.29 Å². The normalized spacial score (nSPS) is 10.3. The first kappa shape index (κ1) is 100. The summed E-state index contributed by atoms with van der Waals surface area (Å²) in [5, 5.41) is 21.7. The number of carbonyl (C=O) groups is 3. The zero-order valence-electron chi connectivity index (χ0n) is 65.8. The van der Waals surface area contributed by atoms with Crippen LogP contribution in [0.2, 0.25) is 20.1 Å². The molecule has 0 bridgehead atoms. The smallest absolute Gasteiger partial charge is 0.465 e. The van der Waals surface area contributed by atoms with E-state index >= 15 is 0 Å². The number of esters is 2. The molecule has 13 aromatic rings. The molecule has 26 heteroatoms. The molecule has 612 valence electrons. The Bertz CT molecular complexity index is 5820. The fraction of sp³-hybridized carbons (Fsp3) is 0.129. The quantitative estimate of drug-likeness (QED) is 0.0111. The van der Waals surface area contributed by atoms with Crippen LogP contribution in [-0.2, 0) is 21.8 Å². The Morgan fingerprint density at radius 1 is 0.429 bits per heavy atom. The number of carbonyl (C=O) groups excluding carboxylic acids is 3. The van der Waals surface area contributed by atoms with Crippen molar-refractivity contribution in [3.8, 4) is 44.5 Å². The number of halogens is 13. The molecule has 119 heavy (non-hydrogen) atoms. The van der Waals surface area contributed by atoms with Crippen molar-refractivity contribution in [2.24, 2.45) is 0 Å². The van der Waals surface area contributed by atoms with Crippen LogP contribution in [0.25, 0.3) is 44.5 Å². The topological polar surface area (TPSA) is 152 Å². The molecule has 0 aliphatic heterocycles. The molecule has 0 aliphatic rings. The number of hydrogen-bond donors (Lipinski definition) is 6. The molecule has 0 unspecified atom stereocenters. The first-order valence-corrected chi connectivity index (χ1v) is 42.1. The molecule has 13 aromatic carbocycles. The van der Waals surface area contributed by atoms with Crippen LogP contribution < -0.4 is 40.5 Å². The molecule has 0 amide bonds. The van der Waals surface area contributed by atoms with Crippen LogP contribution in [0.1, 0.15) is 86.7 Å². The van der Waals surface area contributed by atoms with Crippen molar-refractivity contribution in [1.29, 1.82) is 0 Å². The van der Waals surface area contributed by atoms with E-state index in [0.29, 0.717) is 93.2 Å². The van der Waals surface area contributed by atoms with Crippen LogP contribution >= 0.6 is 145 Å². The summed E-state index contributed by atoms with van der Waals surface area (Å²) in [5.74, 6) is -1.29. The number of aliphatic hydroxyl groups excluding tert-OH is 1. The van der Waals surface area contributed by atoms with Gasteiger partial charge in [-0.25, -0.2) is 27.2 Å². The van der Waals surface area contributed by atoms with Crippen molar-refractivity contribution >= 4 is 221 Å². The molecule has 13 rings (SSSR count). The van der Waals surface area contributed by atoms with Gasteiger partial charge in [-0.05, 0) is 320 Å². The van der Waals surface area contributed by atoms with E-state index < -0.39 is 11.9 Å². The summed E-state index contributed by atoms with van der Waals surface area (Å²) in [4.78, 5) is 34.4. The Morgan fingerprint density at radius 3 is 1.14 bits per heavy atom. The van der Waals surface area contributed by atoms with Gasteiger partial charge in [-0.3, -0.25) is 4.79 Å². The number of anilines is 7. The predicted octanol–water partition coefficient (Wildman–Crippen LogP) is 25.8. The number of methoxy groups -OCH3 is 2. The summed E-state index contributed by atoms with van der Waals surface area (Å²) >= 11 is 43.7. The van der Waals surface area contributed by atoms with Crippen LogP contribution in [0.15, 0.2) is 242 Å². The summed E-state index contributed by atoms with van der Waals surface area (Å²) in [7, 11) is 2.64. The number of nitrogen functional groups attached to an aromatic ring is 1. The molecule has 0 aliphatic carbocycles. The molecule has 0 saturated carbocycles. The number of rotatable bonds is 15. The summed E-state index contributed by atoms with van der Waals surface area (Å²) < 4.78 is 71.8. The Kier molecular flexibility index (Phi) is 40.4. The average Bonchev–Trinajstić information content (AvgIpc) is 0.818. The number of nitrogens with two attached hydrogens (primary N) is 1. The molecule has 0 aromatic heterocycles. The number of thiol groups is 1. The Labute approximate surface area is 787 Å². The van der Waals surface area contributed by atoms with Gasteiger partial charge in [-0.15, -0.1) is 0 Å². The number of ether oxygens (including phenoxy) is 2. The first-order valence-electron chi connectivity index (χ1n) is 35.7. The molecule has 6 N–H and O–H groups in total. The number of benzene rings is 13. The second-order valence-electron chi connectivity index (χ2n) is 26.6. The van der Waals surface area contributed by atoms with Gasteiger partial charge in [0, 0.05) is 132 Å². The Morgan fingerprint density at radius 2 is 0.765 bits per heavy atom. The minimum Gasteiger partial charge on any atom is -0.465 e. The number of aryl methyl sites for hydroxylation is 8. The van der Waals surface area contributed by atoms with Gasteiger partial charge >= 0.3 is 30.8 Å². The van der Waals surface area contributed by atoms with E-state index in [2.05, 4.69) is 132 Å². The van der Waals surface area contributed by atoms with E-state index in [1.165, 1.54) is 38.0 Å². The Balaban J connectivity index is 0.000000229. The van der Waals surface area contributed by atoms with Gasteiger partial charge in [0.1, 0.15) is 23.3 Å². The number of aldehydes is 1. The number of aliphatic hydroxyl groups is 1. The van der Waals surface area contributed by atoms with Gasteiger partial charge in [0.05, 0.1) is 37.6 Å². The standard InChI is InChI=1S/C22H18BrClFNO2.C21H18BrClFNO.C21H16BrClFNO.C14H11ClFI.C8H8BrNO2.C7H8S.Al.Li.4H/c1-12-8-14(4-6-18(12)24)16-9-13(2)21(11-19(16)25)26-20-7-5-15(23)10-17(20)22(27)28-3;2*1-12-7-14(3-5-18(12)23)17-8-13(2)21(10-19(17)24)25-20-6-4-16(22)9-15(20)11-26;1-8-5-10(3-4-12(8)15)11-6-9(2)14(17)7-13(11)16;1-12-8(11)6-4-5(9)2-3-7(6)10;8-6-7-4-2-1-3-5-7;;;;;;/h4-11,26H,1-3H3;3-10,25-26H,11H2,1-2H3;3-11,25H,1-2H3;3-7H,1-2H3;2-4H,10H2,1H3;1-5,8H,6H2;;;;;;/q;;;;;;-1;+1;;;;. The zero-order chi connectivity index (χ0) is 85.6. The van der Waals surface area contributed by atoms with Crippen molar-refractivity contribution in [2.75, 3.05) is 35.9 Å². The van der Waals surface area contributed by atoms with E-state index in [-0.39, 0.29) is 66.1 Å². The summed E-state index contributed by atoms with van der Waals surface area (Å²) in [6.07, 6.45) is 0.768. The second kappa shape index (κ2) is 47.9. The molecular weight excluding hydrogens is 2000 g/mol. The third kappa shape index (κ3) is 28.3. The monoisotopic (exact) mass is 2080 g/mol. The molecule has 0 radical (unpaired) electrons. The molecule has 0 fully saturated rings. The molecular formula is C93H83AlBr4Cl4F4ILiN4O6S. The largest absolute Gasteiger partial charge is 1.00 e. The maximum atomic E-state index is 14.9. The molecule has 0 saturated heterocycles. The summed E-state index contributed by atoms with van der Waals surface area (Å²) in [5.41, 5.74) is 25.6.